The molecule has 1 aliphatic carbocycles. The number of carboxylic acids is 1. The molecule has 1 aliphatic rings. The SMILES string of the molecule is NC(=O)c1cccc(C(=O)NC(CC2CCCc3ccccc32)C(=O)O)c1. The number of primary amides is 1. The smallest absolute Gasteiger partial charge is 0.326 e. The van der Waals surface area contributed by atoms with Gasteiger partial charge in [-0.05, 0) is 60.9 Å². The number of rotatable bonds is 6. The highest BCUT2D eigenvalue weighted by Gasteiger charge is 2.28. The van der Waals surface area contributed by atoms with E-state index in [1.807, 2.05) is 18.2 Å². The Hall–Kier alpha value is -3.15. The van der Waals surface area contributed by atoms with Crippen LogP contribution in [0.2, 0.25) is 0 Å². The van der Waals surface area contributed by atoms with Crippen molar-refractivity contribution in [2.24, 2.45) is 5.73 Å². The van der Waals surface area contributed by atoms with Crippen LogP contribution in [0.15, 0.2) is 48.5 Å². The van der Waals surface area contributed by atoms with Crippen molar-refractivity contribution in [1.82, 2.24) is 5.32 Å². The Bertz CT molecular complexity index is 878. The van der Waals surface area contributed by atoms with E-state index in [1.54, 1.807) is 6.07 Å². The molecule has 2 unspecified atom stereocenters. The van der Waals surface area contributed by atoms with Gasteiger partial charge < -0.3 is 16.2 Å². The van der Waals surface area contributed by atoms with E-state index >= 15 is 0 Å². The number of fused-ring (bicyclic) bond motifs is 1. The molecular formula is C21H22N2O4. The fourth-order valence-corrected chi connectivity index (χ4v) is 3.66. The van der Waals surface area contributed by atoms with Crippen molar-refractivity contribution < 1.29 is 19.5 Å². The minimum Gasteiger partial charge on any atom is -0.480 e. The van der Waals surface area contributed by atoms with E-state index in [-0.39, 0.29) is 17.0 Å². The average Bonchev–Trinajstić information content (AvgIpc) is 2.67. The molecule has 27 heavy (non-hydrogen) atoms. The summed E-state index contributed by atoms with van der Waals surface area (Å²) < 4.78 is 0. The molecule has 0 saturated carbocycles. The zero-order chi connectivity index (χ0) is 19.4. The maximum absolute atomic E-state index is 12.5. The maximum atomic E-state index is 12.5. The van der Waals surface area contributed by atoms with Crippen LogP contribution in [-0.2, 0) is 11.2 Å². The largest absolute Gasteiger partial charge is 0.480 e. The highest BCUT2D eigenvalue weighted by Crippen LogP contribution is 2.34. The Morgan fingerprint density at radius 2 is 1.85 bits per heavy atom. The van der Waals surface area contributed by atoms with Crippen molar-refractivity contribution in [3.8, 4) is 0 Å². The Balaban J connectivity index is 1.75. The highest BCUT2D eigenvalue weighted by molar-refractivity contribution is 6.00. The summed E-state index contributed by atoms with van der Waals surface area (Å²) in [5.74, 6) is -2.15. The third kappa shape index (κ3) is 4.34. The molecule has 0 spiro atoms. The molecule has 2 aromatic carbocycles. The van der Waals surface area contributed by atoms with Crippen molar-refractivity contribution in [2.75, 3.05) is 0 Å². The Morgan fingerprint density at radius 3 is 2.59 bits per heavy atom. The van der Waals surface area contributed by atoms with Crippen LogP contribution >= 0.6 is 0 Å². The molecule has 0 aliphatic heterocycles. The van der Waals surface area contributed by atoms with E-state index in [2.05, 4.69) is 11.4 Å². The Morgan fingerprint density at radius 1 is 1.11 bits per heavy atom. The second-order valence-electron chi connectivity index (χ2n) is 6.83. The van der Waals surface area contributed by atoms with Gasteiger partial charge >= 0.3 is 5.97 Å². The van der Waals surface area contributed by atoms with Gasteiger partial charge in [-0.1, -0.05) is 30.3 Å². The summed E-state index contributed by atoms with van der Waals surface area (Å²) in [5.41, 5.74) is 8.07. The lowest BCUT2D eigenvalue weighted by Crippen LogP contribution is -2.42. The molecule has 0 fully saturated rings. The number of nitrogens with one attached hydrogen (secondary N) is 1. The minimum absolute atomic E-state index is 0.0910. The molecule has 0 bridgehead atoms. The fraction of sp³-hybridized carbons (Fsp3) is 0.286. The summed E-state index contributed by atoms with van der Waals surface area (Å²) in [6.45, 7) is 0. The summed E-state index contributed by atoms with van der Waals surface area (Å²) in [6.07, 6.45) is 3.22. The monoisotopic (exact) mass is 366 g/mol. The molecule has 0 radical (unpaired) electrons. The third-order valence-electron chi connectivity index (χ3n) is 5.03. The molecule has 140 valence electrons. The van der Waals surface area contributed by atoms with E-state index in [0.29, 0.717) is 6.42 Å². The van der Waals surface area contributed by atoms with Gasteiger partial charge in [0.05, 0.1) is 0 Å². The minimum atomic E-state index is -1.07. The number of nitrogens with two attached hydrogens (primary N) is 1. The van der Waals surface area contributed by atoms with Crippen LogP contribution in [-0.4, -0.2) is 28.9 Å². The van der Waals surface area contributed by atoms with Crippen LogP contribution < -0.4 is 11.1 Å². The second-order valence-corrected chi connectivity index (χ2v) is 6.83. The molecule has 2 aromatic rings. The van der Waals surface area contributed by atoms with Crippen molar-refractivity contribution in [2.45, 2.75) is 37.6 Å². The van der Waals surface area contributed by atoms with Gasteiger partial charge in [-0.25, -0.2) is 4.79 Å². The quantitative estimate of drug-likeness (QED) is 0.729. The van der Waals surface area contributed by atoms with Crippen LogP contribution in [0.25, 0.3) is 0 Å². The van der Waals surface area contributed by atoms with Crippen LogP contribution in [0.4, 0.5) is 0 Å². The number of aliphatic carboxylic acids is 1. The van der Waals surface area contributed by atoms with Gasteiger partial charge in [0.25, 0.3) is 5.91 Å². The molecule has 0 aromatic heterocycles. The average molecular weight is 366 g/mol. The third-order valence-corrected chi connectivity index (χ3v) is 5.03. The molecule has 6 nitrogen and oxygen atoms in total. The standard InChI is InChI=1S/C21H22N2O4/c22-19(24)15-8-4-9-16(11-15)20(25)23-18(21(26)27)12-14-7-3-6-13-5-1-2-10-17(13)14/h1-2,4-5,8-11,14,18H,3,6-7,12H2,(H2,22,24)(H,23,25)(H,26,27). The summed E-state index contributed by atoms with van der Waals surface area (Å²) in [4.78, 5) is 35.5. The second kappa shape index (κ2) is 8.03. The van der Waals surface area contributed by atoms with Gasteiger partial charge in [-0.3, -0.25) is 9.59 Å². The van der Waals surface area contributed by atoms with Gasteiger partial charge in [0.15, 0.2) is 0 Å². The first-order valence-corrected chi connectivity index (χ1v) is 8.97. The number of aryl methyl sites for hydroxylation is 1. The van der Waals surface area contributed by atoms with E-state index < -0.39 is 23.8 Å². The molecule has 6 heteroatoms. The van der Waals surface area contributed by atoms with Gasteiger partial charge in [0.1, 0.15) is 6.04 Å². The molecule has 0 saturated heterocycles. The normalized spacial score (nSPS) is 16.8. The van der Waals surface area contributed by atoms with Crippen LogP contribution in [0, 0.1) is 0 Å². The molecule has 2 amide bonds. The van der Waals surface area contributed by atoms with Crippen LogP contribution in [0.5, 0.6) is 0 Å². The molecule has 3 rings (SSSR count). The van der Waals surface area contributed by atoms with Gasteiger partial charge in [-0.2, -0.15) is 0 Å². The van der Waals surface area contributed by atoms with Crippen molar-refractivity contribution in [1.29, 1.82) is 0 Å². The number of benzene rings is 2. The lowest BCUT2D eigenvalue weighted by atomic mass is 9.79. The van der Waals surface area contributed by atoms with Crippen molar-refractivity contribution >= 4 is 17.8 Å². The number of amides is 2. The number of carbonyl (C=O) groups is 3. The predicted molar refractivity (Wildman–Crippen MR) is 101 cm³/mol. The first-order chi connectivity index (χ1) is 13.0. The zero-order valence-electron chi connectivity index (χ0n) is 14.9. The van der Waals surface area contributed by atoms with Gasteiger partial charge in [-0.15, -0.1) is 0 Å². The van der Waals surface area contributed by atoms with Crippen LogP contribution in [0.1, 0.15) is 57.0 Å². The van der Waals surface area contributed by atoms with E-state index in [0.717, 1.165) is 19.3 Å². The fourth-order valence-electron chi connectivity index (χ4n) is 3.66. The van der Waals surface area contributed by atoms with Gasteiger partial charge in [0, 0.05) is 11.1 Å². The zero-order valence-corrected chi connectivity index (χ0v) is 14.9. The number of hydrogen-bond acceptors (Lipinski definition) is 3. The molecule has 0 heterocycles. The lowest BCUT2D eigenvalue weighted by Gasteiger charge is -2.28. The first-order valence-electron chi connectivity index (χ1n) is 8.97. The number of carbonyl (C=O) groups excluding carboxylic acids is 2. The Kier molecular flexibility index (Phi) is 5.54. The number of hydrogen-bond donors (Lipinski definition) is 3. The summed E-state index contributed by atoms with van der Waals surface area (Å²) in [7, 11) is 0. The van der Waals surface area contributed by atoms with E-state index in [4.69, 9.17) is 5.73 Å². The molecule has 4 N–H and O–H groups in total. The lowest BCUT2D eigenvalue weighted by molar-refractivity contribution is -0.139. The van der Waals surface area contributed by atoms with Crippen molar-refractivity contribution in [3.63, 3.8) is 0 Å². The highest BCUT2D eigenvalue weighted by atomic mass is 16.4. The van der Waals surface area contributed by atoms with Crippen LogP contribution in [0.3, 0.4) is 0 Å². The molecular weight excluding hydrogens is 344 g/mol. The summed E-state index contributed by atoms with van der Waals surface area (Å²) in [5, 5.41) is 12.2. The van der Waals surface area contributed by atoms with Crippen molar-refractivity contribution in [3.05, 3.63) is 70.8 Å². The van der Waals surface area contributed by atoms with Gasteiger partial charge in [0.2, 0.25) is 5.91 Å². The summed E-state index contributed by atoms with van der Waals surface area (Å²) >= 11 is 0. The first kappa shape index (κ1) is 18.6. The predicted octanol–water partition coefficient (Wildman–Crippen LogP) is 2.48. The number of carboxylic acid groups (broad SMARTS) is 1. The van der Waals surface area contributed by atoms with E-state index in [9.17, 15) is 19.5 Å². The summed E-state index contributed by atoms with van der Waals surface area (Å²) in [6, 6.07) is 13.0. The topological polar surface area (TPSA) is 109 Å². The Labute approximate surface area is 157 Å². The van der Waals surface area contributed by atoms with E-state index in [1.165, 1.54) is 29.3 Å². The maximum Gasteiger partial charge on any atom is 0.326 e. The molecule has 2 atom stereocenters.